The zero-order valence-electron chi connectivity index (χ0n) is 16.2. The molecule has 7 heteroatoms. The van der Waals surface area contributed by atoms with Gasteiger partial charge in [-0.05, 0) is 37.2 Å². The molecule has 9 unspecified atom stereocenters. The van der Waals surface area contributed by atoms with Crippen LogP contribution in [0.4, 0.5) is 0 Å². The lowest BCUT2D eigenvalue weighted by molar-refractivity contribution is -0.169. The second-order valence-electron chi connectivity index (χ2n) is 9.30. The topological polar surface area (TPSA) is 105 Å². The highest BCUT2D eigenvalue weighted by molar-refractivity contribution is 5.74. The molecule has 3 N–H and O–H groups in total. The molecule has 2 aliphatic carbocycles. The molecule has 1 saturated carbocycles. The van der Waals surface area contributed by atoms with Gasteiger partial charge in [0.2, 0.25) is 5.79 Å². The van der Waals surface area contributed by atoms with E-state index in [0.717, 1.165) is 11.1 Å². The number of carbonyl (C=O) groups is 1. The van der Waals surface area contributed by atoms with Gasteiger partial charge < -0.3 is 29.5 Å². The van der Waals surface area contributed by atoms with Crippen molar-refractivity contribution in [3.05, 3.63) is 23.5 Å². The van der Waals surface area contributed by atoms with E-state index >= 15 is 0 Å². The number of carbonyl (C=O) groups excluding carboxylic acids is 1. The molecular weight excluding hydrogens is 364 g/mol. The van der Waals surface area contributed by atoms with Crippen LogP contribution in [0.2, 0.25) is 0 Å². The number of rotatable bonds is 0. The van der Waals surface area contributed by atoms with E-state index in [1.807, 2.05) is 19.9 Å². The molecule has 0 amide bonds. The first-order valence-electron chi connectivity index (χ1n) is 10.2. The van der Waals surface area contributed by atoms with Crippen molar-refractivity contribution in [1.82, 2.24) is 0 Å². The Morgan fingerprint density at radius 3 is 2.79 bits per heavy atom. The summed E-state index contributed by atoms with van der Waals surface area (Å²) in [6, 6.07) is 0. The maximum absolute atomic E-state index is 13.1. The van der Waals surface area contributed by atoms with Crippen LogP contribution in [0.5, 0.6) is 0 Å². The van der Waals surface area contributed by atoms with Gasteiger partial charge in [0.05, 0.1) is 36.9 Å². The number of hydrogen-bond acceptors (Lipinski definition) is 7. The van der Waals surface area contributed by atoms with Gasteiger partial charge in [-0.3, -0.25) is 4.79 Å². The van der Waals surface area contributed by atoms with Gasteiger partial charge in [-0.1, -0.05) is 18.6 Å². The van der Waals surface area contributed by atoms with Crippen LogP contribution in [0.15, 0.2) is 23.5 Å². The van der Waals surface area contributed by atoms with Crippen molar-refractivity contribution < 1.29 is 34.3 Å². The number of esters is 1. The van der Waals surface area contributed by atoms with E-state index in [1.165, 1.54) is 0 Å². The van der Waals surface area contributed by atoms with Crippen molar-refractivity contribution in [2.75, 3.05) is 6.61 Å². The highest BCUT2D eigenvalue weighted by Gasteiger charge is 2.60. The van der Waals surface area contributed by atoms with Gasteiger partial charge in [-0.15, -0.1) is 0 Å². The van der Waals surface area contributed by atoms with E-state index in [9.17, 15) is 20.1 Å². The van der Waals surface area contributed by atoms with Gasteiger partial charge in [0, 0.05) is 12.3 Å². The second-order valence-corrected chi connectivity index (χ2v) is 9.30. The third-order valence-corrected chi connectivity index (χ3v) is 7.96. The molecule has 3 fully saturated rings. The van der Waals surface area contributed by atoms with Crippen LogP contribution in [-0.4, -0.2) is 58.1 Å². The van der Waals surface area contributed by atoms with Gasteiger partial charge in [-0.25, -0.2) is 0 Å². The quantitative estimate of drug-likeness (QED) is 0.418. The van der Waals surface area contributed by atoms with Crippen LogP contribution >= 0.6 is 0 Å². The van der Waals surface area contributed by atoms with Crippen molar-refractivity contribution in [1.29, 1.82) is 0 Å². The van der Waals surface area contributed by atoms with Gasteiger partial charge in [0.15, 0.2) is 0 Å². The first-order valence-corrected chi connectivity index (χ1v) is 10.2. The molecule has 0 aromatic carbocycles. The smallest absolute Gasteiger partial charge is 0.309 e. The van der Waals surface area contributed by atoms with Gasteiger partial charge in [-0.2, -0.15) is 0 Å². The summed E-state index contributed by atoms with van der Waals surface area (Å²) in [6.07, 6.45) is 2.20. The van der Waals surface area contributed by atoms with Crippen LogP contribution in [0.3, 0.4) is 0 Å². The summed E-state index contributed by atoms with van der Waals surface area (Å²) in [5, 5.41) is 31.4. The van der Waals surface area contributed by atoms with Crippen LogP contribution in [0.1, 0.15) is 39.5 Å². The van der Waals surface area contributed by atoms with E-state index < -0.39 is 35.4 Å². The fraction of sp³-hybridized carbons (Fsp3) is 0.762. The SMILES string of the molecule is CC12OC=C3CCC4C(CC=C5CC(O)C(O)C(O)C54C)C(=O)OC(CO1)C32. The Morgan fingerprint density at radius 1 is 1.21 bits per heavy atom. The number of ether oxygens (including phenoxy) is 3. The molecule has 0 aromatic heterocycles. The Bertz CT molecular complexity index is 760. The number of aliphatic hydroxyl groups is 3. The molecule has 3 heterocycles. The molecule has 0 radical (unpaired) electrons. The van der Waals surface area contributed by atoms with Crippen LogP contribution in [0, 0.1) is 23.2 Å². The predicted octanol–water partition coefficient (Wildman–Crippen LogP) is 1.02. The van der Waals surface area contributed by atoms with E-state index in [2.05, 4.69) is 0 Å². The lowest BCUT2D eigenvalue weighted by Gasteiger charge is -2.53. The lowest BCUT2D eigenvalue weighted by Crippen LogP contribution is -2.59. The molecule has 5 rings (SSSR count). The van der Waals surface area contributed by atoms with E-state index in [4.69, 9.17) is 14.2 Å². The molecule has 5 aliphatic rings. The van der Waals surface area contributed by atoms with Gasteiger partial charge in [0.1, 0.15) is 12.2 Å². The number of aliphatic hydroxyl groups excluding tert-OH is 3. The predicted molar refractivity (Wildman–Crippen MR) is 96.6 cm³/mol. The molecule has 0 aromatic rings. The first kappa shape index (κ1) is 18.6. The Hall–Kier alpha value is -1.41. The third-order valence-electron chi connectivity index (χ3n) is 7.96. The summed E-state index contributed by atoms with van der Waals surface area (Å²) >= 11 is 0. The molecule has 9 atom stereocenters. The van der Waals surface area contributed by atoms with Crippen molar-refractivity contribution in [2.45, 2.75) is 69.7 Å². The molecule has 0 spiro atoms. The highest BCUT2D eigenvalue weighted by atomic mass is 16.7. The van der Waals surface area contributed by atoms with Crippen LogP contribution < -0.4 is 0 Å². The van der Waals surface area contributed by atoms with E-state index in [-0.39, 0.29) is 23.9 Å². The molecule has 3 aliphatic heterocycles. The summed E-state index contributed by atoms with van der Waals surface area (Å²) < 4.78 is 17.5. The summed E-state index contributed by atoms with van der Waals surface area (Å²) in [5.74, 6) is -1.75. The summed E-state index contributed by atoms with van der Waals surface area (Å²) in [4.78, 5) is 13.1. The van der Waals surface area contributed by atoms with E-state index in [0.29, 0.717) is 32.3 Å². The third kappa shape index (κ3) is 2.33. The monoisotopic (exact) mass is 392 g/mol. The summed E-state index contributed by atoms with van der Waals surface area (Å²) in [6.45, 7) is 4.10. The van der Waals surface area contributed by atoms with Crippen LogP contribution in [-0.2, 0) is 19.0 Å². The maximum atomic E-state index is 13.1. The number of fused-ring (bicyclic) bond motifs is 3. The molecule has 28 heavy (non-hydrogen) atoms. The molecular formula is C21H28O7. The van der Waals surface area contributed by atoms with Crippen molar-refractivity contribution in [3.63, 3.8) is 0 Å². The summed E-state index contributed by atoms with van der Waals surface area (Å²) in [5.41, 5.74) is 1.22. The molecule has 2 saturated heterocycles. The minimum atomic E-state index is -1.23. The maximum Gasteiger partial charge on any atom is 0.309 e. The lowest BCUT2D eigenvalue weighted by atomic mass is 9.53. The fourth-order valence-electron chi connectivity index (χ4n) is 6.29. The molecule has 154 valence electrons. The van der Waals surface area contributed by atoms with Crippen LogP contribution in [0.25, 0.3) is 0 Å². The minimum absolute atomic E-state index is 0.111. The number of hydrogen-bond donors (Lipinski definition) is 3. The van der Waals surface area contributed by atoms with Gasteiger partial charge >= 0.3 is 5.97 Å². The number of allylic oxidation sites excluding steroid dienone is 1. The highest BCUT2D eigenvalue weighted by Crippen LogP contribution is 2.56. The fourth-order valence-corrected chi connectivity index (χ4v) is 6.29. The van der Waals surface area contributed by atoms with E-state index in [1.54, 1.807) is 6.26 Å². The average Bonchev–Trinajstić information content (AvgIpc) is 3.16. The molecule has 0 bridgehead atoms. The molecule has 7 nitrogen and oxygen atoms in total. The standard InChI is InChI=1S/C21H28O7/c1-20-11(7-14(22)17(23)18(20)24)4-5-12-13(20)6-3-10-8-26-21(2)16(10)15(9-27-21)28-19(12)25/h4,8,12-18,22-24H,3,5-7,9H2,1-2H3. The largest absolute Gasteiger partial charge is 0.469 e. The zero-order valence-corrected chi connectivity index (χ0v) is 16.2. The van der Waals surface area contributed by atoms with Crippen molar-refractivity contribution in [3.8, 4) is 0 Å². The second kappa shape index (κ2) is 6.05. The normalized spacial score (nSPS) is 52.6. The van der Waals surface area contributed by atoms with Crippen molar-refractivity contribution in [2.24, 2.45) is 23.2 Å². The van der Waals surface area contributed by atoms with Crippen molar-refractivity contribution >= 4 is 5.97 Å². The Labute approximate surface area is 164 Å². The average molecular weight is 392 g/mol. The Balaban J connectivity index is 1.53. The minimum Gasteiger partial charge on any atom is -0.469 e. The Kier molecular flexibility index (Phi) is 4.02. The van der Waals surface area contributed by atoms with Gasteiger partial charge in [0.25, 0.3) is 0 Å². The Morgan fingerprint density at radius 2 is 2.00 bits per heavy atom. The summed E-state index contributed by atoms with van der Waals surface area (Å²) in [7, 11) is 0. The zero-order chi connectivity index (χ0) is 19.8. The first-order chi connectivity index (χ1) is 13.3.